The van der Waals surface area contributed by atoms with Crippen LogP contribution in [0.15, 0.2) is 65.6 Å². The van der Waals surface area contributed by atoms with Crippen LogP contribution in [-0.2, 0) is 0 Å². The number of hydrogen-bond donors (Lipinski definition) is 2. The lowest BCUT2D eigenvalue weighted by Crippen LogP contribution is -2.66. The van der Waals surface area contributed by atoms with Crippen molar-refractivity contribution in [3.05, 3.63) is 82.2 Å². The number of pyridine rings is 1. The summed E-state index contributed by atoms with van der Waals surface area (Å²) in [6.07, 6.45) is 5.37. The highest BCUT2D eigenvalue weighted by molar-refractivity contribution is 5.74. The molecule has 2 aliphatic rings. The van der Waals surface area contributed by atoms with Crippen molar-refractivity contribution < 1.29 is 14.4 Å². The zero-order valence-corrected chi connectivity index (χ0v) is 17.9. The van der Waals surface area contributed by atoms with Gasteiger partial charge in [0.25, 0.3) is 0 Å². The molecule has 1 saturated carbocycles. The number of aryl methyl sites for hydroxylation is 1. The van der Waals surface area contributed by atoms with Crippen molar-refractivity contribution in [2.45, 2.75) is 37.5 Å². The van der Waals surface area contributed by atoms with E-state index in [0.29, 0.717) is 11.3 Å². The summed E-state index contributed by atoms with van der Waals surface area (Å²) in [7, 11) is 1.56. The Balaban J connectivity index is 2.07. The first kappa shape index (κ1) is 21.3. The molecule has 2 heterocycles. The van der Waals surface area contributed by atoms with E-state index in [1.165, 1.54) is 0 Å². The number of methoxy groups -OCH3 is 1. The second-order valence-corrected chi connectivity index (χ2v) is 8.21. The summed E-state index contributed by atoms with van der Waals surface area (Å²) in [5.74, 6) is 1.71. The summed E-state index contributed by atoms with van der Waals surface area (Å²) < 4.78 is 7.51. The number of nitrogens with zero attached hydrogens (tertiary/aromatic N) is 4. The molecule has 0 spiro atoms. The third kappa shape index (κ3) is 3.44. The van der Waals surface area contributed by atoms with Crippen LogP contribution in [0, 0.1) is 35.5 Å². The smallest absolute Gasteiger partial charge is 0.217 e. The van der Waals surface area contributed by atoms with Crippen LogP contribution in [0.3, 0.4) is 0 Å². The first-order valence-corrected chi connectivity index (χ1v) is 10.4. The molecule has 1 aliphatic heterocycles. The molecule has 32 heavy (non-hydrogen) atoms. The topological polar surface area (TPSA) is 115 Å². The molecule has 1 aliphatic carbocycles. The molecule has 7 heteroatoms. The van der Waals surface area contributed by atoms with Gasteiger partial charge in [-0.3, -0.25) is 0 Å². The van der Waals surface area contributed by atoms with Crippen molar-refractivity contribution in [3.63, 3.8) is 0 Å². The van der Waals surface area contributed by atoms with Gasteiger partial charge in [-0.1, -0.05) is 18.2 Å². The molecule has 0 saturated heterocycles. The largest absolute Gasteiger partial charge is 0.762 e. The van der Waals surface area contributed by atoms with Gasteiger partial charge in [0, 0.05) is 23.6 Å². The average molecular weight is 425 g/mol. The Hall–Kier alpha value is -3.90. The second kappa shape index (κ2) is 8.32. The van der Waals surface area contributed by atoms with Gasteiger partial charge in [0.15, 0.2) is 12.4 Å². The van der Waals surface area contributed by atoms with Crippen LogP contribution < -0.4 is 14.6 Å². The average Bonchev–Trinajstić information content (AvgIpc) is 3.66. The zero-order chi connectivity index (χ0) is 22.9. The van der Waals surface area contributed by atoms with E-state index >= 15 is 0 Å². The van der Waals surface area contributed by atoms with Crippen molar-refractivity contribution in [2.24, 2.45) is 5.92 Å². The molecule has 7 nitrogen and oxygen atoms in total. The number of nitrogens with one attached hydrogen (secondary N) is 1. The van der Waals surface area contributed by atoms with E-state index in [1.807, 2.05) is 66.2 Å². The Morgan fingerprint density at radius 1 is 1.22 bits per heavy atom. The molecule has 1 fully saturated rings. The van der Waals surface area contributed by atoms with Crippen LogP contribution in [0.1, 0.15) is 35.9 Å². The van der Waals surface area contributed by atoms with Crippen LogP contribution in [0.2, 0.25) is 0 Å². The Labute approximate surface area is 187 Å². The molecule has 160 valence electrons. The third-order valence-electron chi connectivity index (χ3n) is 6.28. The Morgan fingerprint density at radius 2 is 1.91 bits per heavy atom. The molecule has 4 rings (SSSR count). The molecule has 0 radical (unpaired) electrons. The summed E-state index contributed by atoms with van der Waals surface area (Å²) >= 11 is 0. The molecule has 1 aromatic heterocycles. The quantitative estimate of drug-likeness (QED) is 0.434. The van der Waals surface area contributed by atoms with E-state index in [1.54, 1.807) is 13.2 Å². The zero-order valence-electron chi connectivity index (χ0n) is 17.9. The number of rotatable bonds is 5. The van der Waals surface area contributed by atoms with Gasteiger partial charge in [-0.2, -0.15) is 15.1 Å². The van der Waals surface area contributed by atoms with Gasteiger partial charge in [0.1, 0.15) is 11.8 Å². The minimum absolute atomic E-state index is 0.0896. The summed E-state index contributed by atoms with van der Waals surface area (Å²) in [5.41, 5.74) is 0.379. The monoisotopic (exact) mass is 425 g/mol. The van der Waals surface area contributed by atoms with Gasteiger partial charge in [-0.25, -0.2) is 5.87 Å². The normalized spacial score (nSPS) is 24.5. The number of hydrogen-bond acceptors (Lipinski definition) is 5. The van der Waals surface area contributed by atoms with Crippen LogP contribution in [-0.4, -0.2) is 23.8 Å². The summed E-state index contributed by atoms with van der Waals surface area (Å²) in [6.45, 7) is 1.98. The maximum Gasteiger partial charge on any atom is 0.217 e. The van der Waals surface area contributed by atoms with Crippen molar-refractivity contribution in [3.8, 4) is 17.9 Å². The first-order chi connectivity index (χ1) is 15.5. The molecule has 2 N–H and O–H groups in total. The Bertz CT molecular complexity index is 1210. The van der Waals surface area contributed by atoms with Crippen LogP contribution in [0.4, 0.5) is 0 Å². The number of ether oxygens (including phenoxy) is 1. The minimum atomic E-state index is -1.47. The van der Waals surface area contributed by atoms with E-state index in [2.05, 4.69) is 11.4 Å². The number of benzene rings is 1. The lowest BCUT2D eigenvalue weighted by atomic mass is 9.73. The van der Waals surface area contributed by atoms with Gasteiger partial charge in [-0.05, 0) is 31.4 Å². The van der Waals surface area contributed by atoms with E-state index in [9.17, 15) is 21.0 Å². The lowest BCUT2D eigenvalue weighted by molar-refractivity contribution is -0.742. The van der Waals surface area contributed by atoms with Gasteiger partial charge >= 0.3 is 0 Å². The molecule has 3 atom stereocenters. The van der Waals surface area contributed by atoms with Gasteiger partial charge in [0.2, 0.25) is 11.8 Å². The maximum atomic E-state index is 12.1. The van der Waals surface area contributed by atoms with Gasteiger partial charge < -0.3 is 20.6 Å². The highest BCUT2D eigenvalue weighted by Crippen LogP contribution is 2.53. The summed E-state index contributed by atoms with van der Waals surface area (Å²) in [4.78, 5) is 0. The fraction of sp³-hybridized carbons (Fsp3) is 0.320. The van der Waals surface area contributed by atoms with Crippen molar-refractivity contribution in [2.75, 3.05) is 7.11 Å². The molecule has 0 unspecified atom stereocenters. The summed E-state index contributed by atoms with van der Waals surface area (Å²) in [5, 5.41) is 44.5. The number of allylic oxidation sites excluding steroid dienone is 2. The molecule has 0 amide bonds. The maximum absolute atomic E-state index is 12.1. The third-order valence-corrected chi connectivity index (χ3v) is 6.28. The fourth-order valence-corrected chi connectivity index (χ4v) is 4.58. The number of aromatic nitrogens is 1. The fourth-order valence-electron chi connectivity index (χ4n) is 4.58. The van der Waals surface area contributed by atoms with E-state index in [-0.39, 0.29) is 22.8 Å². The van der Waals surface area contributed by atoms with Gasteiger partial charge in [-0.15, -0.1) is 0 Å². The van der Waals surface area contributed by atoms with Crippen molar-refractivity contribution in [1.82, 2.24) is 5.32 Å². The standard InChI is InChI=1S/C25H23N5O2/c1-16-9-11-30(12-10-16)24-22(19-5-3-4-6-21(19)32-2)20(15-28)23(17(13-26)14-27)29-25(24,31)18-7-8-18/h3-6,9-12,18,22,24,29,31H,7-8H2,1-2H3/t22-,24-,25-/m0/s1. The highest BCUT2D eigenvalue weighted by Gasteiger charge is 2.61. The molecular weight excluding hydrogens is 402 g/mol. The lowest BCUT2D eigenvalue weighted by Gasteiger charge is -2.43. The molecular formula is C25H23N5O2. The van der Waals surface area contributed by atoms with Crippen LogP contribution in [0.25, 0.3) is 5.41 Å². The van der Waals surface area contributed by atoms with E-state index < -0.39 is 17.7 Å². The molecule has 0 bridgehead atoms. The highest BCUT2D eigenvalue weighted by atomic mass is 16.5. The van der Waals surface area contributed by atoms with Crippen LogP contribution >= 0.6 is 0 Å². The SMILES string of the molecule is COc1ccccc1[C@H]1C(C#N)=C(C(=C=[N-])C#N)N[C@](O)(C2CC2)[C@H]1[n+]1ccc(C)cc1. The number of para-hydroxylation sites is 1. The minimum Gasteiger partial charge on any atom is -0.762 e. The van der Waals surface area contributed by atoms with E-state index in [4.69, 9.17) is 4.74 Å². The molecule has 2 aromatic rings. The van der Waals surface area contributed by atoms with Gasteiger partial charge in [0.05, 0.1) is 35.9 Å². The number of aliphatic hydroxyl groups is 1. The first-order valence-electron chi connectivity index (χ1n) is 10.4. The predicted molar refractivity (Wildman–Crippen MR) is 117 cm³/mol. The Morgan fingerprint density at radius 3 is 2.47 bits per heavy atom. The van der Waals surface area contributed by atoms with E-state index in [0.717, 1.165) is 18.4 Å². The second-order valence-electron chi connectivity index (χ2n) is 8.21. The number of nitriles is 2. The Kier molecular flexibility index (Phi) is 5.55. The van der Waals surface area contributed by atoms with Crippen LogP contribution in [0.5, 0.6) is 5.75 Å². The molecule has 1 aromatic carbocycles. The predicted octanol–water partition coefficient (Wildman–Crippen LogP) is 2.78. The van der Waals surface area contributed by atoms with Crippen molar-refractivity contribution >= 4 is 5.87 Å². The van der Waals surface area contributed by atoms with Crippen molar-refractivity contribution in [1.29, 1.82) is 10.5 Å². The summed E-state index contributed by atoms with van der Waals surface area (Å²) in [6, 6.07) is 14.7.